The van der Waals surface area contributed by atoms with E-state index < -0.39 is 5.97 Å². The maximum Gasteiger partial charge on any atom is 0.342 e. The summed E-state index contributed by atoms with van der Waals surface area (Å²) in [7, 11) is 0. The monoisotopic (exact) mass is 289 g/mol. The Morgan fingerprint density at radius 1 is 1.38 bits per heavy atom. The van der Waals surface area contributed by atoms with Crippen LogP contribution in [0.3, 0.4) is 0 Å². The third-order valence-corrected chi connectivity index (χ3v) is 6.20. The molecule has 0 aromatic heterocycles. The first-order chi connectivity index (χ1) is 9.75. The molecule has 0 saturated heterocycles. The van der Waals surface area contributed by atoms with E-state index >= 15 is 0 Å². The van der Waals surface area contributed by atoms with Crippen molar-refractivity contribution in [1.29, 1.82) is 0 Å². The van der Waals surface area contributed by atoms with Gasteiger partial charge >= 0.3 is 5.97 Å². The minimum absolute atomic E-state index is 0.0246. The number of phenols is 1. The lowest BCUT2D eigenvalue weighted by Crippen LogP contribution is -2.38. The van der Waals surface area contributed by atoms with E-state index in [1.54, 1.807) is 6.07 Å². The summed E-state index contributed by atoms with van der Waals surface area (Å²) >= 11 is 0. The van der Waals surface area contributed by atoms with Gasteiger partial charge in [0.05, 0.1) is 0 Å². The molecule has 2 fully saturated rings. The van der Waals surface area contributed by atoms with Crippen LogP contribution in [0.15, 0.2) is 18.2 Å². The molecule has 1 aromatic rings. The van der Waals surface area contributed by atoms with Crippen LogP contribution in [0.5, 0.6) is 5.75 Å². The molecule has 2 aliphatic carbocycles. The predicted octanol–water partition coefficient (Wildman–Crippen LogP) is 3.35. The van der Waals surface area contributed by atoms with E-state index in [1.165, 1.54) is 18.6 Å². The lowest BCUT2D eigenvalue weighted by atomic mass is 9.70. The quantitative estimate of drug-likeness (QED) is 0.647. The average Bonchev–Trinajstić information content (AvgIpc) is 2.71. The molecule has 0 heterocycles. The van der Waals surface area contributed by atoms with Gasteiger partial charge in [-0.15, -0.1) is 0 Å². The lowest BCUT2D eigenvalue weighted by Gasteiger charge is -2.38. The summed E-state index contributed by atoms with van der Waals surface area (Å²) in [4.78, 5) is 12.3. The fraction of sp³-hybridized carbons (Fsp3) is 0.588. The Bertz CT molecular complexity index is 596. The molecule has 2 saturated carbocycles. The van der Waals surface area contributed by atoms with E-state index in [0.29, 0.717) is 11.6 Å². The number of carbonyl (C=O) groups is 1. The number of nitrogen functional groups attached to an aromatic ring is 1. The van der Waals surface area contributed by atoms with E-state index in [1.807, 2.05) is 0 Å². The Kier molecular flexibility index (Phi) is 2.98. The third kappa shape index (κ3) is 1.92. The van der Waals surface area contributed by atoms with Gasteiger partial charge in [-0.2, -0.15) is 0 Å². The normalized spacial score (nSPS) is 33.1. The molecule has 1 aromatic carbocycles. The summed E-state index contributed by atoms with van der Waals surface area (Å²) in [6, 6.07) is 4.50. The van der Waals surface area contributed by atoms with Gasteiger partial charge in [0.2, 0.25) is 0 Å². The van der Waals surface area contributed by atoms with Crippen molar-refractivity contribution < 1.29 is 14.6 Å². The van der Waals surface area contributed by atoms with Crippen molar-refractivity contribution in [2.24, 2.45) is 16.7 Å². The molecular formula is C17H23NO3. The Balaban J connectivity index is 1.80. The zero-order chi connectivity index (χ0) is 15.4. The van der Waals surface area contributed by atoms with Crippen molar-refractivity contribution in [2.75, 3.05) is 5.73 Å². The number of esters is 1. The minimum Gasteiger partial charge on any atom is -0.507 e. The van der Waals surface area contributed by atoms with Gasteiger partial charge in [0.15, 0.2) is 0 Å². The van der Waals surface area contributed by atoms with Crippen LogP contribution in [0.1, 0.15) is 50.4 Å². The van der Waals surface area contributed by atoms with Crippen molar-refractivity contribution in [3.63, 3.8) is 0 Å². The fourth-order valence-electron chi connectivity index (χ4n) is 4.22. The Hall–Kier alpha value is -1.71. The Morgan fingerprint density at radius 3 is 2.62 bits per heavy atom. The van der Waals surface area contributed by atoms with Crippen LogP contribution < -0.4 is 5.73 Å². The number of benzene rings is 1. The first-order valence-electron chi connectivity index (χ1n) is 7.55. The molecule has 21 heavy (non-hydrogen) atoms. The zero-order valence-electron chi connectivity index (χ0n) is 12.8. The predicted molar refractivity (Wildman–Crippen MR) is 81.0 cm³/mol. The number of fused-ring (bicyclic) bond motifs is 2. The molecule has 0 radical (unpaired) electrons. The van der Waals surface area contributed by atoms with Gasteiger partial charge in [-0.3, -0.25) is 0 Å². The van der Waals surface area contributed by atoms with Gasteiger partial charge < -0.3 is 15.6 Å². The molecule has 3 rings (SSSR count). The van der Waals surface area contributed by atoms with E-state index in [4.69, 9.17) is 10.5 Å². The number of nitrogens with two attached hydrogens (primary N) is 1. The lowest BCUT2D eigenvalue weighted by molar-refractivity contribution is -0.0244. The summed E-state index contributed by atoms with van der Waals surface area (Å²) < 4.78 is 5.75. The van der Waals surface area contributed by atoms with Crippen LogP contribution in [-0.2, 0) is 4.74 Å². The maximum atomic E-state index is 12.3. The number of phenolic OH excluding ortho intramolecular Hbond substituents is 1. The van der Waals surface area contributed by atoms with Crippen molar-refractivity contribution in [2.45, 2.75) is 46.1 Å². The van der Waals surface area contributed by atoms with Crippen LogP contribution in [0.25, 0.3) is 0 Å². The fourth-order valence-corrected chi connectivity index (χ4v) is 4.22. The van der Waals surface area contributed by atoms with Crippen LogP contribution in [0.2, 0.25) is 0 Å². The first kappa shape index (κ1) is 14.2. The van der Waals surface area contributed by atoms with Crippen molar-refractivity contribution in [1.82, 2.24) is 0 Å². The second-order valence-corrected chi connectivity index (χ2v) is 7.28. The first-order valence-corrected chi connectivity index (χ1v) is 7.55. The van der Waals surface area contributed by atoms with Gasteiger partial charge in [-0.05, 0) is 42.7 Å². The van der Waals surface area contributed by atoms with Gasteiger partial charge in [0.25, 0.3) is 0 Å². The van der Waals surface area contributed by atoms with Crippen LogP contribution in [0, 0.1) is 16.7 Å². The smallest absolute Gasteiger partial charge is 0.342 e. The van der Waals surface area contributed by atoms with Gasteiger partial charge in [0.1, 0.15) is 17.4 Å². The zero-order valence-corrected chi connectivity index (χ0v) is 12.8. The van der Waals surface area contributed by atoms with Crippen LogP contribution in [0.4, 0.5) is 5.69 Å². The van der Waals surface area contributed by atoms with E-state index in [2.05, 4.69) is 20.8 Å². The molecule has 0 spiro atoms. The number of rotatable bonds is 2. The molecule has 3 unspecified atom stereocenters. The molecule has 4 nitrogen and oxygen atoms in total. The van der Waals surface area contributed by atoms with Crippen molar-refractivity contribution in [3.05, 3.63) is 23.8 Å². The number of anilines is 1. The molecule has 0 amide bonds. The summed E-state index contributed by atoms with van der Waals surface area (Å²) in [5.41, 5.74) is 6.42. The Labute approximate surface area is 125 Å². The van der Waals surface area contributed by atoms with E-state index in [9.17, 15) is 9.90 Å². The highest BCUT2D eigenvalue weighted by molar-refractivity contribution is 5.93. The maximum absolute atomic E-state index is 12.3. The van der Waals surface area contributed by atoms with E-state index in [-0.39, 0.29) is 28.2 Å². The standard InChI is InChI=1S/C17H23NO3/c1-16(2)10-6-7-17(16,3)14(8-10)21-15(20)12-5-4-11(18)9-13(12)19/h4-5,9-10,14,19H,6-8,18H2,1-3H3. The third-order valence-electron chi connectivity index (χ3n) is 6.20. The highest BCUT2D eigenvalue weighted by atomic mass is 16.5. The number of carbonyl (C=O) groups excluding carboxylic acids is 1. The number of hydrogen-bond acceptors (Lipinski definition) is 4. The SMILES string of the molecule is CC1(C)C2CCC1(C)C(OC(=O)c1ccc(N)cc1O)C2. The van der Waals surface area contributed by atoms with Crippen molar-refractivity contribution in [3.8, 4) is 5.75 Å². The number of aromatic hydroxyl groups is 1. The molecular weight excluding hydrogens is 266 g/mol. The number of hydrogen-bond donors (Lipinski definition) is 2. The summed E-state index contributed by atoms with van der Waals surface area (Å²) in [6.45, 7) is 6.78. The Morgan fingerprint density at radius 2 is 2.10 bits per heavy atom. The largest absolute Gasteiger partial charge is 0.507 e. The van der Waals surface area contributed by atoms with Gasteiger partial charge in [0, 0.05) is 17.2 Å². The number of ether oxygens (including phenoxy) is 1. The topological polar surface area (TPSA) is 72.5 Å². The molecule has 0 aliphatic heterocycles. The summed E-state index contributed by atoms with van der Waals surface area (Å²) in [6.07, 6.45) is 3.15. The van der Waals surface area contributed by atoms with Gasteiger partial charge in [-0.25, -0.2) is 4.79 Å². The summed E-state index contributed by atoms with van der Waals surface area (Å²) in [5, 5.41) is 9.85. The minimum atomic E-state index is -0.456. The van der Waals surface area contributed by atoms with Crippen LogP contribution in [-0.4, -0.2) is 17.2 Å². The average molecular weight is 289 g/mol. The highest BCUT2D eigenvalue weighted by Crippen LogP contribution is 2.66. The van der Waals surface area contributed by atoms with E-state index in [0.717, 1.165) is 12.8 Å². The second-order valence-electron chi connectivity index (χ2n) is 7.28. The van der Waals surface area contributed by atoms with Crippen LogP contribution >= 0.6 is 0 Å². The molecule has 3 N–H and O–H groups in total. The van der Waals surface area contributed by atoms with Gasteiger partial charge in [-0.1, -0.05) is 20.8 Å². The molecule has 3 atom stereocenters. The second kappa shape index (κ2) is 4.39. The molecule has 2 bridgehead atoms. The summed E-state index contributed by atoms with van der Waals surface area (Å²) in [5.74, 6) is 0.0370. The molecule has 2 aliphatic rings. The molecule has 4 heteroatoms. The highest BCUT2D eigenvalue weighted by Gasteiger charge is 2.62. The molecule has 114 valence electrons. The van der Waals surface area contributed by atoms with Crippen molar-refractivity contribution >= 4 is 11.7 Å².